The molecule has 0 radical (unpaired) electrons. The maximum Gasteiger partial charge on any atom is 0.0499 e. The Kier molecular flexibility index (Phi) is 8.49. The van der Waals surface area contributed by atoms with Crippen LogP contribution in [0.5, 0.6) is 0 Å². The van der Waals surface area contributed by atoms with Gasteiger partial charge in [0.05, 0.1) is 0 Å². The molecule has 9 aromatic rings. The van der Waals surface area contributed by atoms with Gasteiger partial charge in [0.25, 0.3) is 0 Å². The molecule has 0 saturated heterocycles. The first-order valence-electron chi connectivity index (χ1n) is 19.9. The molecule has 4 heteroatoms. The molecule has 3 nitrogen and oxygen atoms in total. The van der Waals surface area contributed by atoms with E-state index in [4.69, 9.17) is 0 Å². The van der Waals surface area contributed by atoms with Crippen LogP contribution >= 0.6 is 11.3 Å². The molecule has 2 aliphatic rings. The van der Waals surface area contributed by atoms with E-state index in [1.54, 1.807) is 0 Å². The molecule has 1 atom stereocenters. The number of para-hydroxylation sites is 4. The van der Waals surface area contributed by atoms with Gasteiger partial charge in [-0.2, -0.15) is 0 Å². The standard InChI is InChI=1S/C54H39N3S/c1-5-16-39(17-6-1)55(40-18-7-2-8-19-40)44-32-34-51-49(36-44)50-37-45(56(41-20-9-3-10-21-41)42-22-11-4-12-23-42)33-35-52(50)57(51)43-30-28-38(29-31-43)46-25-15-26-48-47-24-13-14-27-53(47)58-54(46)48/h1-36,50H,37H2. The highest BCUT2D eigenvalue weighted by Gasteiger charge is 2.38. The molecule has 276 valence electrons. The zero-order valence-electron chi connectivity index (χ0n) is 31.8. The molecule has 1 aliphatic carbocycles. The molecular weight excluding hydrogens is 723 g/mol. The van der Waals surface area contributed by atoms with Crippen molar-refractivity contribution in [1.29, 1.82) is 0 Å². The average molecular weight is 762 g/mol. The number of hydrogen-bond acceptors (Lipinski definition) is 4. The van der Waals surface area contributed by atoms with Crippen molar-refractivity contribution in [1.82, 2.24) is 0 Å². The van der Waals surface area contributed by atoms with Gasteiger partial charge in [-0.1, -0.05) is 121 Å². The first-order valence-corrected chi connectivity index (χ1v) is 20.8. The number of nitrogens with zero attached hydrogens (tertiary/aromatic N) is 3. The Bertz CT molecular complexity index is 2890. The monoisotopic (exact) mass is 761 g/mol. The zero-order valence-corrected chi connectivity index (χ0v) is 32.6. The van der Waals surface area contributed by atoms with E-state index in [0.29, 0.717) is 0 Å². The summed E-state index contributed by atoms with van der Waals surface area (Å²) in [6.45, 7) is 0. The number of thiophene rings is 1. The summed E-state index contributed by atoms with van der Waals surface area (Å²) in [6, 6.07) is 74.7. The second-order valence-electron chi connectivity index (χ2n) is 14.9. The average Bonchev–Trinajstić information content (AvgIpc) is 3.84. The van der Waals surface area contributed by atoms with Gasteiger partial charge in [0.1, 0.15) is 0 Å². The SMILES string of the molecule is C1=C(N(c2ccccc2)c2ccccc2)CC2C(=C1)N(c1ccc(-c3cccc4c3sc3ccccc34)cc1)c1ccc(N(c3ccccc3)c3ccccc3)cc12. The van der Waals surface area contributed by atoms with E-state index in [2.05, 4.69) is 233 Å². The minimum absolute atomic E-state index is 0.144. The third kappa shape index (κ3) is 5.89. The van der Waals surface area contributed by atoms with Crippen LogP contribution in [0.1, 0.15) is 17.9 Å². The van der Waals surface area contributed by atoms with Gasteiger partial charge in [-0.05, 0) is 114 Å². The smallest absolute Gasteiger partial charge is 0.0499 e. The van der Waals surface area contributed by atoms with E-state index in [0.717, 1.165) is 40.5 Å². The third-order valence-corrected chi connectivity index (χ3v) is 12.8. The van der Waals surface area contributed by atoms with Crippen LogP contribution in [0.25, 0.3) is 31.3 Å². The summed E-state index contributed by atoms with van der Waals surface area (Å²) in [6.07, 6.45) is 5.55. The topological polar surface area (TPSA) is 9.72 Å². The molecule has 1 aliphatic heterocycles. The van der Waals surface area contributed by atoms with Crippen molar-refractivity contribution in [2.24, 2.45) is 0 Å². The summed E-state index contributed by atoms with van der Waals surface area (Å²) in [7, 11) is 0. The molecular formula is C54H39N3S. The Labute approximate surface area is 343 Å². The summed E-state index contributed by atoms with van der Waals surface area (Å²) >= 11 is 1.88. The van der Waals surface area contributed by atoms with E-state index in [1.165, 1.54) is 53.9 Å². The van der Waals surface area contributed by atoms with Crippen LogP contribution < -0.4 is 14.7 Å². The van der Waals surface area contributed by atoms with E-state index >= 15 is 0 Å². The van der Waals surface area contributed by atoms with E-state index in [9.17, 15) is 0 Å². The van der Waals surface area contributed by atoms with E-state index in [1.807, 2.05) is 11.3 Å². The van der Waals surface area contributed by atoms with Crippen LogP contribution in [-0.4, -0.2) is 0 Å². The maximum atomic E-state index is 2.49. The lowest BCUT2D eigenvalue weighted by molar-refractivity contribution is 0.768. The predicted molar refractivity (Wildman–Crippen MR) is 247 cm³/mol. The third-order valence-electron chi connectivity index (χ3n) is 11.5. The lowest BCUT2D eigenvalue weighted by atomic mass is 9.89. The summed E-state index contributed by atoms with van der Waals surface area (Å²) in [4.78, 5) is 7.28. The fourth-order valence-electron chi connectivity index (χ4n) is 8.94. The fraction of sp³-hybridized carbons (Fsp3) is 0.0370. The molecule has 0 N–H and O–H groups in total. The lowest BCUT2D eigenvalue weighted by Gasteiger charge is -2.33. The van der Waals surface area contributed by atoms with Crippen molar-refractivity contribution in [3.05, 3.63) is 235 Å². The second kappa shape index (κ2) is 14.4. The minimum atomic E-state index is 0.144. The molecule has 11 rings (SSSR count). The van der Waals surface area contributed by atoms with Crippen LogP contribution in [0, 0.1) is 0 Å². The van der Waals surface area contributed by atoms with Gasteiger partial charge in [-0.25, -0.2) is 0 Å². The van der Waals surface area contributed by atoms with Crippen LogP contribution in [-0.2, 0) is 0 Å². The van der Waals surface area contributed by atoms with E-state index in [-0.39, 0.29) is 5.92 Å². The molecule has 0 amide bonds. The van der Waals surface area contributed by atoms with Crippen LogP contribution in [0.4, 0.5) is 39.8 Å². The summed E-state index contributed by atoms with van der Waals surface area (Å²) in [5, 5.41) is 2.65. The largest absolute Gasteiger partial charge is 0.314 e. The molecule has 0 spiro atoms. The highest BCUT2D eigenvalue weighted by molar-refractivity contribution is 7.26. The van der Waals surface area contributed by atoms with Crippen molar-refractivity contribution < 1.29 is 0 Å². The Balaban J connectivity index is 1.05. The Morgan fingerprint density at radius 3 is 1.67 bits per heavy atom. The lowest BCUT2D eigenvalue weighted by Crippen LogP contribution is -2.22. The number of hydrogen-bond donors (Lipinski definition) is 0. The Morgan fingerprint density at radius 1 is 0.466 bits per heavy atom. The van der Waals surface area contributed by atoms with Crippen molar-refractivity contribution in [3.8, 4) is 11.1 Å². The molecule has 0 bridgehead atoms. The van der Waals surface area contributed by atoms with Gasteiger partial charge in [0, 0.05) is 83.7 Å². The zero-order chi connectivity index (χ0) is 38.4. The van der Waals surface area contributed by atoms with Gasteiger partial charge in [-0.15, -0.1) is 11.3 Å². The number of allylic oxidation sites excluding steroid dienone is 4. The van der Waals surface area contributed by atoms with Crippen molar-refractivity contribution in [3.63, 3.8) is 0 Å². The Hall–Kier alpha value is -7.14. The predicted octanol–water partition coefficient (Wildman–Crippen LogP) is 15.4. The quantitative estimate of drug-likeness (QED) is 0.153. The second-order valence-corrected chi connectivity index (χ2v) is 16.0. The van der Waals surface area contributed by atoms with Crippen LogP contribution in [0.2, 0.25) is 0 Å². The first kappa shape index (κ1) is 34.1. The number of anilines is 7. The molecule has 0 saturated carbocycles. The molecule has 1 unspecified atom stereocenters. The summed E-state index contributed by atoms with van der Waals surface area (Å²) in [5.41, 5.74) is 14.5. The normalized spacial score (nSPS) is 14.5. The highest BCUT2D eigenvalue weighted by Crippen LogP contribution is 2.54. The highest BCUT2D eigenvalue weighted by atomic mass is 32.1. The molecule has 1 aromatic heterocycles. The molecule has 58 heavy (non-hydrogen) atoms. The summed E-state index contributed by atoms with van der Waals surface area (Å²) < 4.78 is 2.67. The van der Waals surface area contributed by atoms with E-state index < -0.39 is 0 Å². The molecule has 0 fully saturated rings. The van der Waals surface area contributed by atoms with Crippen LogP contribution in [0.3, 0.4) is 0 Å². The van der Waals surface area contributed by atoms with Crippen LogP contribution in [0.15, 0.2) is 230 Å². The Morgan fingerprint density at radius 2 is 1.03 bits per heavy atom. The number of fused-ring (bicyclic) bond motifs is 6. The van der Waals surface area contributed by atoms with Crippen molar-refractivity contribution in [2.75, 3.05) is 14.7 Å². The number of benzene rings is 8. The molecule has 2 heterocycles. The first-order chi connectivity index (χ1) is 28.8. The maximum absolute atomic E-state index is 2.49. The van der Waals surface area contributed by atoms with Crippen molar-refractivity contribution >= 4 is 71.3 Å². The van der Waals surface area contributed by atoms with Gasteiger partial charge in [0.15, 0.2) is 0 Å². The van der Waals surface area contributed by atoms with Gasteiger partial charge in [-0.3, -0.25) is 0 Å². The fourth-order valence-corrected chi connectivity index (χ4v) is 10.2. The van der Waals surface area contributed by atoms with Gasteiger partial charge in [0.2, 0.25) is 0 Å². The summed E-state index contributed by atoms with van der Waals surface area (Å²) in [5.74, 6) is 0.144. The van der Waals surface area contributed by atoms with Gasteiger partial charge >= 0.3 is 0 Å². The van der Waals surface area contributed by atoms with Gasteiger partial charge < -0.3 is 14.7 Å². The number of rotatable bonds is 8. The van der Waals surface area contributed by atoms with Crippen molar-refractivity contribution in [2.45, 2.75) is 12.3 Å². The molecule has 8 aromatic carbocycles. The minimum Gasteiger partial charge on any atom is -0.314 e.